The number of rotatable bonds is 5. The molecule has 8 heteroatoms. The number of nitrogens with one attached hydrogen (secondary N) is 1. The third-order valence-electron chi connectivity index (χ3n) is 7.18. The Morgan fingerprint density at radius 3 is 2.19 bits per heavy atom. The van der Waals surface area contributed by atoms with Gasteiger partial charge in [-0.15, -0.1) is 24.8 Å². The molecule has 2 aliphatic carbocycles. The maximum absolute atomic E-state index is 12.6. The summed E-state index contributed by atoms with van der Waals surface area (Å²) >= 11 is 0. The van der Waals surface area contributed by atoms with Crippen molar-refractivity contribution in [1.82, 2.24) is 10.2 Å². The normalized spacial score (nSPS) is 27.5. The van der Waals surface area contributed by atoms with Crippen LogP contribution >= 0.6 is 24.8 Å². The molecule has 0 radical (unpaired) electrons. The quantitative estimate of drug-likeness (QED) is 0.693. The maximum atomic E-state index is 12.6. The average Bonchev–Trinajstić information content (AvgIpc) is 2.74. The number of nitrogens with zero attached hydrogens (tertiary/aromatic N) is 2. The van der Waals surface area contributed by atoms with Crippen LogP contribution in [0.3, 0.4) is 0 Å². The van der Waals surface area contributed by atoms with Crippen LogP contribution in [0.2, 0.25) is 0 Å². The van der Waals surface area contributed by atoms with Crippen LogP contribution in [-0.2, 0) is 9.59 Å². The number of halogens is 2. The summed E-state index contributed by atoms with van der Waals surface area (Å²) in [6.07, 6.45) is 5.79. The molecule has 2 amide bonds. The van der Waals surface area contributed by atoms with Crippen LogP contribution in [-0.4, -0.2) is 55.5 Å². The minimum atomic E-state index is 0. The third-order valence-corrected chi connectivity index (χ3v) is 7.18. The van der Waals surface area contributed by atoms with Gasteiger partial charge in [0.05, 0.1) is 0 Å². The molecule has 31 heavy (non-hydrogen) atoms. The van der Waals surface area contributed by atoms with E-state index in [9.17, 15) is 9.59 Å². The number of hydrogen-bond donors (Lipinski definition) is 2. The fraction of sp³-hybridized carbons (Fsp3) is 0.652. The van der Waals surface area contributed by atoms with E-state index in [-0.39, 0.29) is 48.6 Å². The first-order chi connectivity index (χ1) is 14.1. The van der Waals surface area contributed by atoms with Gasteiger partial charge in [-0.1, -0.05) is 24.6 Å². The number of amides is 2. The van der Waals surface area contributed by atoms with Crippen LogP contribution in [0, 0.1) is 17.8 Å². The highest BCUT2D eigenvalue weighted by molar-refractivity contribution is 5.85. The minimum absolute atomic E-state index is 0. The van der Waals surface area contributed by atoms with Crippen molar-refractivity contribution >= 4 is 42.3 Å². The molecule has 0 aromatic heterocycles. The standard InChI is InChI=1S/C23H34N4O2.2ClH/c24-22-17-5-4-6-18(22)16-19(15-17)23(29)25-10-9-21(28)27-13-11-26(12-14-27)20-7-2-1-3-8-20;;/h1-3,7-8,17-19,22H,4-6,9-16,24H2,(H,25,29);2*1H. The van der Waals surface area contributed by atoms with E-state index in [1.54, 1.807) is 0 Å². The van der Waals surface area contributed by atoms with Crippen LogP contribution in [0.1, 0.15) is 38.5 Å². The molecule has 1 aromatic carbocycles. The van der Waals surface area contributed by atoms with Gasteiger partial charge >= 0.3 is 0 Å². The van der Waals surface area contributed by atoms with Gasteiger partial charge in [-0.2, -0.15) is 0 Å². The lowest BCUT2D eigenvalue weighted by Gasteiger charge is -2.43. The van der Waals surface area contributed by atoms with E-state index in [0.29, 0.717) is 24.8 Å². The zero-order chi connectivity index (χ0) is 20.2. The molecule has 0 spiro atoms. The van der Waals surface area contributed by atoms with E-state index in [1.165, 1.54) is 12.1 Å². The second-order valence-electron chi connectivity index (χ2n) is 8.94. The van der Waals surface area contributed by atoms with Gasteiger partial charge in [0, 0.05) is 56.8 Å². The molecule has 1 heterocycles. The first-order valence-electron chi connectivity index (χ1n) is 11.2. The number of anilines is 1. The lowest BCUT2D eigenvalue weighted by atomic mass is 9.65. The summed E-state index contributed by atoms with van der Waals surface area (Å²) in [5, 5.41) is 3.02. The number of carbonyl (C=O) groups is 2. The molecule has 3 N–H and O–H groups in total. The Kier molecular flexibility index (Phi) is 9.91. The fourth-order valence-corrected chi connectivity index (χ4v) is 5.45. The van der Waals surface area contributed by atoms with Crippen LogP contribution in [0.4, 0.5) is 5.69 Å². The summed E-state index contributed by atoms with van der Waals surface area (Å²) < 4.78 is 0. The van der Waals surface area contributed by atoms with Crippen molar-refractivity contribution < 1.29 is 9.59 Å². The molecule has 2 bridgehead atoms. The summed E-state index contributed by atoms with van der Waals surface area (Å²) in [7, 11) is 0. The highest BCUT2D eigenvalue weighted by atomic mass is 35.5. The van der Waals surface area contributed by atoms with E-state index in [1.807, 2.05) is 23.1 Å². The number of piperazine rings is 1. The summed E-state index contributed by atoms with van der Waals surface area (Å²) in [5.74, 6) is 1.34. The number of benzene rings is 1. The topological polar surface area (TPSA) is 78.7 Å². The molecule has 3 aliphatic rings. The van der Waals surface area contributed by atoms with E-state index in [0.717, 1.165) is 51.9 Å². The van der Waals surface area contributed by atoms with Crippen molar-refractivity contribution in [2.45, 2.75) is 44.6 Å². The molecule has 6 nitrogen and oxygen atoms in total. The first kappa shape index (κ1) is 25.8. The number of fused-ring (bicyclic) bond motifs is 2. The second-order valence-corrected chi connectivity index (χ2v) is 8.94. The van der Waals surface area contributed by atoms with Crippen molar-refractivity contribution in [1.29, 1.82) is 0 Å². The largest absolute Gasteiger partial charge is 0.368 e. The van der Waals surface area contributed by atoms with Gasteiger partial charge in [0.1, 0.15) is 0 Å². The predicted molar refractivity (Wildman–Crippen MR) is 129 cm³/mol. The van der Waals surface area contributed by atoms with Gasteiger partial charge in [-0.3, -0.25) is 9.59 Å². The lowest BCUT2D eigenvalue weighted by molar-refractivity contribution is -0.131. The summed E-state index contributed by atoms with van der Waals surface area (Å²) in [5.41, 5.74) is 7.54. The van der Waals surface area contributed by atoms with Crippen molar-refractivity contribution in [3.8, 4) is 0 Å². The number of para-hydroxylation sites is 1. The number of hydrogen-bond acceptors (Lipinski definition) is 4. The Morgan fingerprint density at radius 1 is 0.968 bits per heavy atom. The van der Waals surface area contributed by atoms with Gasteiger partial charge < -0.3 is 20.9 Å². The zero-order valence-electron chi connectivity index (χ0n) is 18.1. The molecule has 1 aromatic rings. The number of carbonyl (C=O) groups excluding carboxylic acids is 2. The smallest absolute Gasteiger partial charge is 0.224 e. The summed E-state index contributed by atoms with van der Waals surface area (Å²) in [6.45, 7) is 3.63. The van der Waals surface area contributed by atoms with E-state index in [4.69, 9.17) is 5.73 Å². The average molecular weight is 471 g/mol. The minimum Gasteiger partial charge on any atom is -0.368 e. The molecule has 3 fully saturated rings. The Morgan fingerprint density at radius 2 is 1.58 bits per heavy atom. The molecule has 2 saturated carbocycles. The summed E-state index contributed by atoms with van der Waals surface area (Å²) in [6, 6.07) is 10.6. The molecule has 4 rings (SSSR count). The van der Waals surface area contributed by atoms with Crippen LogP contribution in [0.25, 0.3) is 0 Å². The molecule has 1 saturated heterocycles. The zero-order valence-corrected chi connectivity index (χ0v) is 19.7. The molecule has 1 aliphatic heterocycles. The van der Waals surface area contributed by atoms with Crippen LogP contribution in [0.5, 0.6) is 0 Å². The fourth-order valence-electron chi connectivity index (χ4n) is 5.45. The Balaban J connectivity index is 0.00000171. The molecular formula is C23H36Cl2N4O2. The Hall–Kier alpha value is -1.50. The van der Waals surface area contributed by atoms with Gasteiger partial charge in [0.25, 0.3) is 0 Å². The lowest BCUT2D eigenvalue weighted by Crippen LogP contribution is -2.50. The predicted octanol–water partition coefficient (Wildman–Crippen LogP) is 2.84. The SMILES string of the molecule is Cl.Cl.NC1C2CCCC1CC(C(=O)NCCC(=O)N1CCN(c3ccccc3)CC1)C2. The van der Waals surface area contributed by atoms with Crippen molar-refractivity contribution in [2.24, 2.45) is 23.5 Å². The highest BCUT2D eigenvalue weighted by Crippen LogP contribution is 2.41. The van der Waals surface area contributed by atoms with Gasteiger partial charge in [-0.05, 0) is 49.7 Å². The number of nitrogens with two attached hydrogens (primary N) is 1. The van der Waals surface area contributed by atoms with Crippen LogP contribution in [0.15, 0.2) is 30.3 Å². The van der Waals surface area contributed by atoms with Crippen molar-refractivity contribution in [3.63, 3.8) is 0 Å². The van der Waals surface area contributed by atoms with Gasteiger partial charge in [-0.25, -0.2) is 0 Å². The molecule has 2 unspecified atom stereocenters. The highest BCUT2D eigenvalue weighted by Gasteiger charge is 2.40. The van der Waals surface area contributed by atoms with Crippen LogP contribution < -0.4 is 16.0 Å². The Bertz CT molecular complexity index is 699. The monoisotopic (exact) mass is 470 g/mol. The summed E-state index contributed by atoms with van der Waals surface area (Å²) in [4.78, 5) is 29.4. The van der Waals surface area contributed by atoms with Crippen molar-refractivity contribution in [3.05, 3.63) is 30.3 Å². The maximum Gasteiger partial charge on any atom is 0.224 e. The second kappa shape index (κ2) is 11.9. The first-order valence-corrected chi connectivity index (χ1v) is 11.2. The third kappa shape index (κ3) is 6.27. The van der Waals surface area contributed by atoms with E-state index in [2.05, 4.69) is 22.3 Å². The van der Waals surface area contributed by atoms with Gasteiger partial charge in [0.2, 0.25) is 11.8 Å². The molecule has 174 valence electrons. The molecular weight excluding hydrogens is 435 g/mol. The van der Waals surface area contributed by atoms with Crippen molar-refractivity contribution in [2.75, 3.05) is 37.6 Å². The van der Waals surface area contributed by atoms with E-state index < -0.39 is 0 Å². The Labute approximate surface area is 198 Å². The van der Waals surface area contributed by atoms with E-state index >= 15 is 0 Å². The molecule has 2 atom stereocenters. The van der Waals surface area contributed by atoms with Gasteiger partial charge in [0.15, 0.2) is 0 Å².